The molecule has 0 aliphatic carbocycles. The Morgan fingerprint density at radius 3 is 2.50 bits per heavy atom. The van der Waals surface area contributed by atoms with E-state index in [1.165, 1.54) is 0 Å². The van der Waals surface area contributed by atoms with Crippen molar-refractivity contribution in [3.8, 4) is 11.5 Å². The van der Waals surface area contributed by atoms with Crippen LogP contribution >= 0.6 is 0 Å². The standard InChI is InChI=1S/C14H12O2/c1-11-7-8-12(10-15)14(9-11)16-13-5-3-2-4-6-13/h2-10H,1H3. The van der Waals surface area contributed by atoms with Gasteiger partial charge in [-0.3, -0.25) is 4.79 Å². The average Bonchev–Trinajstić information content (AvgIpc) is 2.31. The molecule has 0 unspecified atom stereocenters. The Labute approximate surface area is 94.5 Å². The molecule has 80 valence electrons. The van der Waals surface area contributed by atoms with Crippen molar-refractivity contribution >= 4 is 6.29 Å². The first-order chi connectivity index (χ1) is 7.79. The van der Waals surface area contributed by atoms with Crippen LogP contribution in [0.15, 0.2) is 48.5 Å². The predicted molar refractivity (Wildman–Crippen MR) is 63.1 cm³/mol. The predicted octanol–water partition coefficient (Wildman–Crippen LogP) is 3.60. The largest absolute Gasteiger partial charge is 0.457 e. The zero-order valence-electron chi connectivity index (χ0n) is 9.01. The highest BCUT2D eigenvalue weighted by atomic mass is 16.5. The first kappa shape index (κ1) is 10.4. The van der Waals surface area contributed by atoms with Crippen molar-refractivity contribution in [2.24, 2.45) is 0 Å². The quantitative estimate of drug-likeness (QED) is 0.726. The number of aldehydes is 1. The van der Waals surface area contributed by atoms with Gasteiger partial charge in [0.1, 0.15) is 11.5 Å². The van der Waals surface area contributed by atoms with Crippen molar-refractivity contribution in [2.75, 3.05) is 0 Å². The van der Waals surface area contributed by atoms with Gasteiger partial charge in [-0.2, -0.15) is 0 Å². The first-order valence-corrected chi connectivity index (χ1v) is 5.08. The molecular weight excluding hydrogens is 200 g/mol. The van der Waals surface area contributed by atoms with Gasteiger partial charge in [-0.05, 0) is 36.8 Å². The Balaban J connectivity index is 2.33. The molecule has 2 nitrogen and oxygen atoms in total. The molecule has 0 aromatic heterocycles. The Bertz CT molecular complexity index is 489. The van der Waals surface area contributed by atoms with E-state index in [1.807, 2.05) is 49.4 Å². The minimum atomic E-state index is 0.564. The molecule has 0 fully saturated rings. The Morgan fingerprint density at radius 2 is 1.81 bits per heavy atom. The lowest BCUT2D eigenvalue weighted by Crippen LogP contribution is -1.90. The summed E-state index contributed by atoms with van der Waals surface area (Å²) in [5, 5.41) is 0. The van der Waals surface area contributed by atoms with Gasteiger partial charge in [-0.15, -0.1) is 0 Å². The minimum Gasteiger partial charge on any atom is -0.457 e. The third kappa shape index (κ3) is 2.28. The maximum atomic E-state index is 10.8. The second-order valence-corrected chi connectivity index (χ2v) is 3.57. The van der Waals surface area contributed by atoms with Gasteiger partial charge in [0.25, 0.3) is 0 Å². The zero-order chi connectivity index (χ0) is 11.4. The molecule has 0 amide bonds. The Kier molecular flexibility index (Phi) is 3.01. The molecule has 0 aliphatic rings. The van der Waals surface area contributed by atoms with Gasteiger partial charge in [0, 0.05) is 0 Å². The number of ether oxygens (including phenoxy) is 1. The number of hydrogen-bond acceptors (Lipinski definition) is 2. The number of aryl methyl sites for hydroxylation is 1. The summed E-state index contributed by atoms with van der Waals surface area (Å²) in [6.45, 7) is 1.96. The first-order valence-electron chi connectivity index (χ1n) is 5.08. The minimum absolute atomic E-state index is 0.564. The van der Waals surface area contributed by atoms with Crippen molar-refractivity contribution in [3.05, 3.63) is 59.7 Å². The van der Waals surface area contributed by atoms with Crippen LogP contribution in [0.25, 0.3) is 0 Å². The molecule has 0 radical (unpaired) electrons. The van der Waals surface area contributed by atoms with E-state index < -0.39 is 0 Å². The van der Waals surface area contributed by atoms with Gasteiger partial charge < -0.3 is 4.74 Å². The zero-order valence-corrected chi connectivity index (χ0v) is 9.01. The molecule has 16 heavy (non-hydrogen) atoms. The average molecular weight is 212 g/mol. The van der Waals surface area contributed by atoms with Gasteiger partial charge in [0.2, 0.25) is 0 Å². The van der Waals surface area contributed by atoms with Gasteiger partial charge in [-0.25, -0.2) is 0 Å². The van der Waals surface area contributed by atoms with Gasteiger partial charge >= 0.3 is 0 Å². The fourth-order valence-corrected chi connectivity index (χ4v) is 1.44. The van der Waals surface area contributed by atoms with E-state index in [0.29, 0.717) is 11.3 Å². The number of carbonyl (C=O) groups excluding carboxylic acids is 1. The van der Waals surface area contributed by atoms with Crippen molar-refractivity contribution in [2.45, 2.75) is 6.92 Å². The van der Waals surface area contributed by atoms with Crippen LogP contribution in [0.4, 0.5) is 0 Å². The summed E-state index contributed by atoms with van der Waals surface area (Å²) >= 11 is 0. The smallest absolute Gasteiger partial charge is 0.153 e. The lowest BCUT2D eigenvalue weighted by Gasteiger charge is -2.08. The molecule has 0 atom stereocenters. The number of benzene rings is 2. The van der Waals surface area contributed by atoms with E-state index in [4.69, 9.17) is 4.74 Å². The number of carbonyl (C=O) groups is 1. The summed E-state index contributed by atoms with van der Waals surface area (Å²) in [4.78, 5) is 10.8. The van der Waals surface area contributed by atoms with Crippen LogP contribution in [0, 0.1) is 6.92 Å². The van der Waals surface area contributed by atoms with Crippen LogP contribution in [-0.2, 0) is 0 Å². The fraction of sp³-hybridized carbons (Fsp3) is 0.0714. The van der Waals surface area contributed by atoms with E-state index in [1.54, 1.807) is 6.07 Å². The van der Waals surface area contributed by atoms with Crippen LogP contribution in [-0.4, -0.2) is 6.29 Å². The molecular formula is C14H12O2. The second-order valence-electron chi connectivity index (χ2n) is 3.57. The maximum Gasteiger partial charge on any atom is 0.153 e. The molecule has 0 saturated heterocycles. The summed E-state index contributed by atoms with van der Waals surface area (Å²) in [6.07, 6.45) is 0.803. The van der Waals surface area contributed by atoms with E-state index in [2.05, 4.69) is 0 Å². The topological polar surface area (TPSA) is 26.3 Å². The lowest BCUT2D eigenvalue weighted by molar-refractivity contribution is 0.112. The third-order valence-corrected chi connectivity index (χ3v) is 2.27. The van der Waals surface area contributed by atoms with E-state index in [9.17, 15) is 4.79 Å². The molecule has 0 N–H and O–H groups in total. The molecule has 2 aromatic carbocycles. The SMILES string of the molecule is Cc1ccc(C=O)c(Oc2ccccc2)c1. The molecule has 2 heteroatoms. The van der Waals surface area contributed by atoms with Crippen molar-refractivity contribution < 1.29 is 9.53 Å². The van der Waals surface area contributed by atoms with Crippen molar-refractivity contribution in [1.29, 1.82) is 0 Å². The monoisotopic (exact) mass is 212 g/mol. The van der Waals surface area contributed by atoms with Crippen LogP contribution < -0.4 is 4.74 Å². The molecule has 0 aliphatic heterocycles. The number of hydrogen-bond donors (Lipinski definition) is 0. The Morgan fingerprint density at radius 1 is 1.06 bits per heavy atom. The summed E-state index contributed by atoms with van der Waals surface area (Å²) in [5.74, 6) is 1.33. The van der Waals surface area contributed by atoms with E-state index in [0.717, 1.165) is 17.6 Å². The summed E-state index contributed by atoms with van der Waals surface area (Å²) in [5.41, 5.74) is 1.63. The molecule has 0 bridgehead atoms. The van der Waals surface area contributed by atoms with Crippen molar-refractivity contribution in [1.82, 2.24) is 0 Å². The summed E-state index contributed by atoms with van der Waals surface area (Å²) in [7, 11) is 0. The number of rotatable bonds is 3. The van der Waals surface area contributed by atoms with Crippen LogP contribution in [0.5, 0.6) is 11.5 Å². The molecule has 2 rings (SSSR count). The lowest BCUT2D eigenvalue weighted by atomic mass is 10.1. The van der Waals surface area contributed by atoms with Gasteiger partial charge in [0.15, 0.2) is 6.29 Å². The van der Waals surface area contributed by atoms with Crippen LogP contribution in [0.1, 0.15) is 15.9 Å². The molecule has 0 saturated carbocycles. The second kappa shape index (κ2) is 4.62. The van der Waals surface area contributed by atoms with Gasteiger partial charge in [0.05, 0.1) is 5.56 Å². The Hall–Kier alpha value is -2.09. The summed E-state index contributed by atoms with van der Waals surface area (Å²) in [6, 6.07) is 14.9. The van der Waals surface area contributed by atoms with Gasteiger partial charge in [-0.1, -0.05) is 24.3 Å². The molecule has 2 aromatic rings. The maximum absolute atomic E-state index is 10.8. The normalized spacial score (nSPS) is 9.81. The van der Waals surface area contributed by atoms with E-state index >= 15 is 0 Å². The fourth-order valence-electron chi connectivity index (χ4n) is 1.44. The third-order valence-electron chi connectivity index (χ3n) is 2.27. The summed E-state index contributed by atoms with van der Waals surface area (Å²) < 4.78 is 5.65. The van der Waals surface area contributed by atoms with Crippen LogP contribution in [0.3, 0.4) is 0 Å². The van der Waals surface area contributed by atoms with Crippen molar-refractivity contribution in [3.63, 3.8) is 0 Å². The highest BCUT2D eigenvalue weighted by Gasteiger charge is 2.04. The molecule has 0 heterocycles. The highest BCUT2D eigenvalue weighted by molar-refractivity contribution is 5.79. The number of para-hydroxylation sites is 1. The molecule has 0 spiro atoms. The highest BCUT2D eigenvalue weighted by Crippen LogP contribution is 2.25. The van der Waals surface area contributed by atoms with Crippen LogP contribution in [0.2, 0.25) is 0 Å². The van der Waals surface area contributed by atoms with E-state index in [-0.39, 0.29) is 0 Å².